The SMILES string of the molecule is CC(C)=Cc1cccc2c1C(=N)NC(=O)C2. The van der Waals surface area contributed by atoms with E-state index in [1.165, 1.54) is 5.57 Å². The van der Waals surface area contributed by atoms with Crippen LogP contribution in [0.4, 0.5) is 0 Å². The van der Waals surface area contributed by atoms with Gasteiger partial charge < -0.3 is 5.32 Å². The average Bonchev–Trinajstić information content (AvgIpc) is 2.15. The van der Waals surface area contributed by atoms with Crippen molar-refractivity contribution in [2.24, 2.45) is 0 Å². The van der Waals surface area contributed by atoms with E-state index in [2.05, 4.69) is 5.32 Å². The molecule has 1 amide bonds. The van der Waals surface area contributed by atoms with Gasteiger partial charge in [0.05, 0.1) is 6.42 Å². The molecular formula is C13H14N2O. The quantitative estimate of drug-likeness (QED) is 0.739. The topological polar surface area (TPSA) is 53.0 Å². The van der Waals surface area contributed by atoms with Crippen LogP contribution in [-0.2, 0) is 11.2 Å². The van der Waals surface area contributed by atoms with Crippen molar-refractivity contribution in [3.63, 3.8) is 0 Å². The molecule has 0 bridgehead atoms. The second kappa shape index (κ2) is 3.93. The Kier molecular flexibility index (Phi) is 2.60. The highest BCUT2D eigenvalue weighted by Crippen LogP contribution is 2.21. The van der Waals surface area contributed by atoms with Gasteiger partial charge in [-0.2, -0.15) is 0 Å². The standard InChI is InChI=1S/C13H14N2O/c1-8(2)6-9-4-3-5-10-7-11(16)15-13(14)12(9)10/h3-6H,7H2,1-2H3,(H2,14,15,16). The van der Waals surface area contributed by atoms with Crippen molar-refractivity contribution in [1.29, 1.82) is 5.41 Å². The molecule has 0 unspecified atom stereocenters. The predicted octanol–water partition coefficient (Wildman–Crippen LogP) is 2.11. The predicted molar refractivity (Wildman–Crippen MR) is 64.4 cm³/mol. The minimum atomic E-state index is -0.105. The minimum absolute atomic E-state index is 0.105. The number of hydrogen-bond donors (Lipinski definition) is 2. The number of amides is 1. The molecule has 0 saturated heterocycles. The summed E-state index contributed by atoms with van der Waals surface area (Å²) in [5.41, 5.74) is 3.97. The Morgan fingerprint density at radius 1 is 1.44 bits per heavy atom. The molecule has 3 heteroatoms. The molecule has 1 aliphatic rings. The van der Waals surface area contributed by atoms with Gasteiger partial charge >= 0.3 is 0 Å². The summed E-state index contributed by atoms with van der Waals surface area (Å²) in [4.78, 5) is 11.3. The van der Waals surface area contributed by atoms with Crippen LogP contribution in [0.25, 0.3) is 6.08 Å². The Labute approximate surface area is 94.7 Å². The Hall–Kier alpha value is -1.90. The van der Waals surface area contributed by atoms with Crippen molar-refractivity contribution < 1.29 is 4.79 Å². The second-order valence-electron chi connectivity index (χ2n) is 4.20. The lowest BCUT2D eigenvalue weighted by Gasteiger charge is -2.19. The third-order valence-corrected chi connectivity index (χ3v) is 2.49. The lowest BCUT2D eigenvalue weighted by molar-refractivity contribution is -0.119. The third-order valence-electron chi connectivity index (χ3n) is 2.49. The van der Waals surface area contributed by atoms with E-state index in [1.54, 1.807) is 0 Å². The van der Waals surface area contributed by atoms with Gasteiger partial charge in [-0.05, 0) is 25.0 Å². The first kappa shape index (κ1) is 10.6. The first-order valence-corrected chi connectivity index (χ1v) is 5.23. The van der Waals surface area contributed by atoms with E-state index in [0.717, 1.165) is 16.7 Å². The van der Waals surface area contributed by atoms with Crippen molar-refractivity contribution >= 4 is 17.8 Å². The van der Waals surface area contributed by atoms with Gasteiger partial charge in [-0.1, -0.05) is 29.8 Å². The van der Waals surface area contributed by atoms with Crippen molar-refractivity contribution in [2.45, 2.75) is 20.3 Å². The zero-order valence-electron chi connectivity index (χ0n) is 9.42. The minimum Gasteiger partial charge on any atom is -0.310 e. The van der Waals surface area contributed by atoms with Crippen LogP contribution in [0.1, 0.15) is 30.5 Å². The number of allylic oxidation sites excluding steroid dienone is 1. The first-order chi connectivity index (χ1) is 7.58. The van der Waals surface area contributed by atoms with Gasteiger partial charge in [-0.25, -0.2) is 0 Å². The van der Waals surface area contributed by atoms with E-state index in [4.69, 9.17) is 5.41 Å². The largest absolute Gasteiger partial charge is 0.310 e. The maximum Gasteiger partial charge on any atom is 0.229 e. The lowest BCUT2D eigenvalue weighted by atomic mass is 9.94. The zero-order chi connectivity index (χ0) is 11.7. The van der Waals surface area contributed by atoms with E-state index < -0.39 is 0 Å². The van der Waals surface area contributed by atoms with Gasteiger partial charge in [-0.15, -0.1) is 0 Å². The van der Waals surface area contributed by atoms with Gasteiger partial charge in [0.2, 0.25) is 5.91 Å². The Balaban J connectivity index is 2.59. The maximum absolute atomic E-state index is 11.3. The molecule has 0 aliphatic carbocycles. The third kappa shape index (κ3) is 1.89. The molecule has 0 atom stereocenters. The van der Waals surface area contributed by atoms with Crippen LogP contribution in [-0.4, -0.2) is 11.7 Å². The summed E-state index contributed by atoms with van der Waals surface area (Å²) in [5.74, 6) is 0.103. The van der Waals surface area contributed by atoms with Crippen molar-refractivity contribution in [2.75, 3.05) is 0 Å². The summed E-state index contributed by atoms with van der Waals surface area (Å²) in [5, 5.41) is 10.4. The number of hydrogen-bond acceptors (Lipinski definition) is 2. The molecule has 0 radical (unpaired) electrons. The molecular weight excluding hydrogens is 200 g/mol. The molecule has 3 nitrogen and oxygen atoms in total. The van der Waals surface area contributed by atoms with Crippen LogP contribution in [0, 0.1) is 5.41 Å². The average molecular weight is 214 g/mol. The molecule has 0 saturated carbocycles. The summed E-state index contributed by atoms with van der Waals surface area (Å²) >= 11 is 0. The summed E-state index contributed by atoms with van der Waals surface area (Å²) in [6.07, 6.45) is 2.40. The molecule has 0 aromatic heterocycles. The molecule has 16 heavy (non-hydrogen) atoms. The normalized spacial score (nSPS) is 14.1. The van der Waals surface area contributed by atoms with Crippen LogP contribution in [0.15, 0.2) is 23.8 Å². The molecule has 82 valence electrons. The fourth-order valence-corrected chi connectivity index (χ4v) is 1.92. The van der Waals surface area contributed by atoms with E-state index in [9.17, 15) is 4.79 Å². The number of fused-ring (bicyclic) bond motifs is 1. The second-order valence-corrected chi connectivity index (χ2v) is 4.20. The fourth-order valence-electron chi connectivity index (χ4n) is 1.92. The zero-order valence-corrected chi connectivity index (χ0v) is 9.42. The summed E-state index contributed by atoms with van der Waals surface area (Å²) < 4.78 is 0. The van der Waals surface area contributed by atoms with Gasteiger partial charge in [0.1, 0.15) is 5.84 Å². The van der Waals surface area contributed by atoms with Gasteiger partial charge in [-0.3, -0.25) is 10.2 Å². The number of rotatable bonds is 1. The molecule has 2 rings (SSSR count). The first-order valence-electron chi connectivity index (χ1n) is 5.23. The molecule has 1 aliphatic heterocycles. The summed E-state index contributed by atoms with van der Waals surface area (Å²) in [6, 6.07) is 5.81. The van der Waals surface area contributed by atoms with Gasteiger partial charge in [0.25, 0.3) is 0 Å². The van der Waals surface area contributed by atoms with E-state index in [-0.39, 0.29) is 11.7 Å². The fraction of sp³-hybridized carbons (Fsp3) is 0.231. The Morgan fingerprint density at radius 3 is 2.88 bits per heavy atom. The molecule has 1 aromatic carbocycles. The molecule has 1 heterocycles. The van der Waals surface area contributed by atoms with Crippen LogP contribution >= 0.6 is 0 Å². The number of carbonyl (C=O) groups excluding carboxylic acids is 1. The van der Waals surface area contributed by atoms with Crippen molar-refractivity contribution in [3.8, 4) is 0 Å². The van der Waals surface area contributed by atoms with Crippen LogP contribution in [0.3, 0.4) is 0 Å². The van der Waals surface area contributed by atoms with Crippen LogP contribution < -0.4 is 5.32 Å². The van der Waals surface area contributed by atoms with Crippen LogP contribution in [0.2, 0.25) is 0 Å². The lowest BCUT2D eigenvalue weighted by Crippen LogP contribution is -2.37. The number of benzene rings is 1. The highest BCUT2D eigenvalue weighted by Gasteiger charge is 2.21. The molecule has 0 fully saturated rings. The van der Waals surface area contributed by atoms with Gasteiger partial charge in [0.15, 0.2) is 0 Å². The highest BCUT2D eigenvalue weighted by molar-refractivity contribution is 6.12. The van der Waals surface area contributed by atoms with Gasteiger partial charge in [0, 0.05) is 5.56 Å². The monoisotopic (exact) mass is 214 g/mol. The summed E-state index contributed by atoms with van der Waals surface area (Å²) in [7, 11) is 0. The Bertz CT molecular complexity index is 497. The Morgan fingerprint density at radius 2 is 2.19 bits per heavy atom. The number of amidine groups is 1. The maximum atomic E-state index is 11.3. The molecule has 1 aromatic rings. The highest BCUT2D eigenvalue weighted by atomic mass is 16.1. The van der Waals surface area contributed by atoms with E-state index in [1.807, 2.05) is 38.1 Å². The number of nitrogens with one attached hydrogen (secondary N) is 2. The van der Waals surface area contributed by atoms with Crippen LogP contribution in [0.5, 0.6) is 0 Å². The van der Waals surface area contributed by atoms with Crippen molar-refractivity contribution in [3.05, 3.63) is 40.5 Å². The van der Waals surface area contributed by atoms with Crippen molar-refractivity contribution in [1.82, 2.24) is 5.32 Å². The smallest absolute Gasteiger partial charge is 0.229 e. The molecule has 2 N–H and O–H groups in total. The number of carbonyl (C=O) groups is 1. The van der Waals surface area contributed by atoms with E-state index >= 15 is 0 Å². The molecule has 0 spiro atoms. The summed E-state index contributed by atoms with van der Waals surface area (Å²) in [6.45, 7) is 4.04. The van der Waals surface area contributed by atoms with E-state index in [0.29, 0.717) is 6.42 Å².